The van der Waals surface area contributed by atoms with Crippen molar-refractivity contribution in [2.24, 2.45) is 5.92 Å². The van der Waals surface area contributed by atoms with Crippen molar-refractivity contribution in [3.63, 3.8) is 0 Å². The Kier molecular flexibility index (Phi) is 2.82. The standard InChI is InChI=1S/C6H9IOS/c1-4-2-5(3-7)9-6(4)8/h4-5H,2-3H2,1H3. The van der Waals surface area contributed by atoms with Crippen LogP contribution < -0.4 is 0 Å². The van der Waals surface area contributed by atoms with E-state index in [0.29, 0.717) is 16.3 Å². The van der Waals surface area contributed by atoms with E-state index in [-0.39, 0.29) is 0 Å². The van der Waals surface area contributed by atoms with Gasteiger partial charge in [0.1, 0.15) is 0 Å². The minimum atomic E-state index is 0.315. The number of carbonyl (C=O) groups excluding carboxylic acids is 1. The van der Waals surface area contributed by atoms with Crippen molar-refractivity contribution in [3.8, 4) is 0 Å². The molecule has 1 saturated heterocycles. The van der Waals surface area contributed by atoms with E-state index < -0.39 is 0 Å². The largest absolute Gasteiger partial charge is 0.287 e. The topological polar surface area (TPSA) is 17.1 Å². The number of carbonyl (C=O) groups is 1. The Morgan fingerprint density at radius 2 is 2.56 bits per heavy atom. The van der Waals surface area contributed by atoms with E-state index in [1.807, 2.05) is 6.92 Å². The smallest absolute Gasteiger partial charge is 0.192 e. The van der Waals surface area contributed by atoms with E-state index in [2.05, 4.69) is 22.6 Å². The zero-order valence-electron chi connectivity index (χ0n) is 5.26. The van der Waals surface area contributed by atoms with Crippen LogP contribution >= 0.6 is 34.4 Å². The van der Waals surface area contributed by atoms with Crippen LogP contribution in [0.1, 0.15) is 13.3 Å². The summed E-state index contributed by atoms with van der Waals surface area (Å²) in [5.41, 5.74) is 0. The van der Waals surface area contributed by atoms with E-state index in [9.17, 15) is 4.79 Å². The number of hydrogen-bond acceptors (Lipinski definition) is 2. The quantitative estimate of drug-likeness (QED) is 0.528. The first-order valence-electron chi connectivity index (χ1n) is 3.00. The molecule has 3 heteroatoms. The number of alkyl halides is 1. The molecule has 0 saturated carbocycles. The highest BCUT2D eigenvalue weighted by atomic mass is 127. The Morgan fingerprint density at radius 1 is 1.89 bits per heavy atom. The highest BCUT2D eigenvalue weighted by Crippen LogP contribution is 2.33. The molecule has 0 radical (unpaired) electrons. The van der Waals surface area contributed by atoms with E-state index in [1.54, 1.807) is 0 Å². The molecule has 2 atom stereocenters. The van der Waals surface area contributed by atoms with E-state index in [0.717, 1.165) is 10.8 Å². The maximum Gasteiger partial charge on any atom is 0.192 e. The van der Waals surface area contributed by atoms with Gasteiger partial charge < -0.3 is 0 Å². The fraction of sp³-hybridized carbons (Fsp3) is 0.833. The average Bonchev–Trinajstić information content (AvgIpc) is 2.13. The Labute approximate surface area is 73.1 Å². The van der Waals surface area contributed by atoms with E-state index in [4.69, 9.17) is 0 Å². The summed E-state index contributed by atoms with van der Waals surface area (Å²) < 4.78 is 1.11. The molecule has 52 valence electrons. The molecule has 1 aliphatic rings. The third-order valence-electron chi connectivity index (χ3n) is 1.47. The molecule has 0 N–H and O–H groups in total. The van der Waals surface area contributed by atoms with Crippen molar-refractivity contribution in [3.05, 3.63) is 0 Å². The monoisotopic (exact) mass is 256 g/mol. The van der Waals surface area contributed by atoms with Crippen molar-refractivity contribution < 1.29 is 4.79 Å². The lowest BCUT2D eigenvalue weighted by Gasteiger charge is -1.98. The number of hydrogen-bond donors (Lipinski definition) is 0. The van der Waals surface area contributed by atoms with Crippen LogP contribution in [0.3, 0.4) is 0 Å². The van der Waals surface area contributed by atoms with Crippen molar-refractivity contribution in [1.82, 2.24) is 0 Å². The van der Waals surface area contributed by atoms with Gasteiger partial charge in [-0.1, -0.05) is 41.3 Å². The summed E-state index contributed by atoms with van der Waals surface area (Å²) in [7, 11) is 0. The first kappa shape index (κ1) is 7.85. The van der Waals surface area contributed by atoms with Crippen LogP contribution in [0.15, 0.2) is 0 Å². The predicted molar refractivity (Wildman–Crippen MR) is 49.1 cm³/mol. The second-order valence-electron chi connectivity index (χ2n) is 2.35. The summed E-state index contributed by atoms with van der Waals surface area (Å²) in [6.45, 7) is 2.02. The number of halogens is 1. The van der Waals surface area contributed by atoms with Gasteiger partial charge in [-0.2, -0.15) is 0 Å². The number of thioether (sulfide) groups is 1. The first-order chi connectivity index (χ1) is 4.24. The van der Waals surface area contributed by atoms with Crippen molar-refractivity contribution in [2.45, 2.75) is 18.6 Å². The van der Waals surface area contributed by atoms with Gasteiger partial charge in [0.05, 0.1) is 0 Å². The lowest BCUT2D eigenvalue weighted by atomic mass is 10.1. The molecule has 1 fully saturated rings. The van der Waals surface area contributed by atoms with Gasteiger partial charge in [0, 0.05) is 15.6 Å². The third-order valence-corrected chi connectivity index (χ3v) is 4.46. The highest BCUT2D eigenvalue weighted by molar-refractivity contribution is 14.1. The summed E-state index contributed by atoms with van der Waals surface area (Å²) in [4.78, 5) is 10.9. The van der Waals surface area contributed by atoms with Gasteiger partial charge in [-0.3, -0.25) is 4.79 Å². The molecule has 9 heavy (non-hydrogen) atoms. The van der Waals surface area contributed by atoms with Crippen LogP contribution in [-0.4, -0.2) is 14.8 Å². The van der Waals surface area contributed by atoms with E-state index in [1.165, 1.54) is 11.8 Å². The predicted octanol–water partition coefficient (Wildman–Crippen LogP) is 2.09. The van der Waals surface area contributed by atoms with Crippen LogP contribution in [0.5, 0.6) is 0 Å². The summed E-state index contributed by atoms with van der Waals surface area (Å²) in [6, 6.07) is 0. The molecule has 0 spiro atoms. The fourth-order valence-corrected chi connectivity index (χ4v) is 2.92. The lowest BCUT2D eigenvalue weighted by molar-refractivity contribution is -0.113. The zero-order valence-corrected chi connectivity index (χ0v) is 8.24. The molecule has 2 unspecified atom stereocenters. The van der Waals surface area contributed by atoms with Crippen molar-refractivity contribution in [1.29, 1.82) is 0 Å². The molecule has 1 heterocycles. The van der Waals surface area contributed by atoms with Crippen LogP contribution in [0.2, 0.25) is 0 Å². The van der Waals surface area contributed by atoms with Crippen LogP contribution in [0, 0.1) is 5.92 Å². The fourth-order valence-electron chi connectivity index (χ4n) is 0.914. The van der Waals surface area contributed by atoms with Gasteiger partial charge in [0.2, 0.25) is 0 Å². The molecule has 1 aliphatic heterocycles. The Bertz CT molecular complexity index is 126. The molecule has 0 bridgehead atoms. The highest BCUT2D eigenvalue weighted by Gasteiger charge is 2.28. The van der Waals surface area contributed by atoms with Gasteiger partial charge in [0.25, 0.3) is 0 Å². The minimum Gasteiger partial charge on any atom is -0.287 e. The summed E-state index contributed by atoms with van der Waals surface area (Å²) in [5, 5.41) is 0.991. The van der Waals surface area contributed by atoms with Crippen molar-refractivity contribution >= 4 is 39.5 Å². The second-order valence-corrected chi connectivity index (χ2v) is 4.54. The third kappa shape index (κ3) is 1.83. The van der Waals surface area contributed by atoms with E-state index >= 15 is 0 Å². The zero-order chi connectivity index (χ0) is 6.85. The molecule has 0 aliphatic carbocycles. The number of rotatable bonds is 1. The molecule has 0 aromatic heterocycles. The summed E-state index contributed by atoms with van der Waals surface area (Å²) in [6.07, 6.45) is 1.09. The van der Waals surface area contributed by atoms with Crippen LogP contribution in [0.25, 0.3) is 0 Å². The normalized spacial score (nSPS) is 35.6. The van der Waals surface area contributed by atoms with Gasteiger partial charge in [-0.05, 0) is 6.42 Å². The lowest BCUT2D eigenvalue weighted by Crippen LogP contribution is -1.99. The molecular weight excluding hydrogens is 247 g/mol. The molecule has 0 amide bonds. The Balaban J connectivity index is 2.44. The maximum atomic E-state index is 10.9. The second kappa shape index (κ2) is 3.23. The van der Waals surface area contributed by atoms with Gasteiger partial charge in [-0.15, -0.1) is 0 Å². The van der Waals surface area contributed by atoms with Gasteiger partial charge in [-0.25, -0.2) is 0 Å². The first-order valence-corrected chi connectivity index (χ1v) is 5.41. The van der Waals surface area contributed by atoms with Gasteiger partial charge >= 0.3 is 0 Å². The Morgan fingerprint density at radius 3 is 2.78 bits per heavy atom. The summed E-state index contributed by atoms with van der Waals surface area (Å²) >= 11 is 3.86. The SMILES string of the molecule is CC1CC(CI)SC1=O. The summed E-state index contributed by atoms with van der Waals surface area (Å²) in [5.74, 6) is 0.315. The van der Waals surface area contributed by atoms with Gasteiger partial charge in [0.15, 0.2) is 5.12 Å². The molecule has 0 aromatic carbocycles. The van der Waals surface area contributed by atoms with Crippen LogP contribution in [-0.2, 0) is 4.79 Å². The van der Waals surface area contributed by atoms with Crippen molar-refractivity contribution in [2.75, 3.05) is 4.43 Å². The minimum absolute atomic E-state index is 0.315. The molecule has 1 nitrogen and oxygen atoms in total. The Hall–Kier alpha value is 0.750. The maximum absolute atomic E-state index is 10.9. The molecule has 0 aromatic rings. The molecular formula is C6H9IOS. The van der Waals surface area contributed by atoms with Crippen LogP contribution in [0.4, 0.5) is 0 Å². The average molecular weight is 256 g/mol. The molecule has 1 rings (SSSR count).